The van der Waals surface area contributed by atoms with Crippen LogP contribution in [0.15, 0.2) is 29.1 Å². The number of rotatable bonds is 4. The summed E-state index contributed by atoms with van der Waals surface area (Å²) in [6.45, 7) is 3.83. The van der Waals surface area contributed by atoms with Gasteiger partial charge in [-0.2, -0.15) is 0 Å². The zero-order valence-corrected chi connectivity index (χ0v) is 9.86. The number of amides is 1. The summed E-state index contributed by atoms with van der Waals surface area (Å²) in [5.74, 6) is 0.899. The van der Waals surface area contributed by atoms with Crippen molar-refractivity contribution in [3.8, 4) is 0 Å². The third-order valence-electron chi connectivity index (χ3n) is 2.63. The van der Waals surface area contributed by atoms with Gasteiger partial charge in [0.25, 0.3) is 5.91 Å². The molecule has 2 N–H and O–H groups in total. The van der Waals surface area contributed by atoms with Gasteiger partial charge in [-0.05, 0) is 19.4 Å². The molecular weight excluding hydrogens is 218 g/mol. The average Bonchev–Trinajstić information content (AvgIpc) is 2.96. The van der Waals surface area contributed by atoms with Gasteiger partial charge in [-0.25, -0.2) is 4.98 Å². The predicted octanol–water partition coefficient (Wildman–Crippen LogP) is 2.19. The van der Waals surface area contributed by atoms with Gasteiger partial charge in [0.1, 0.15) is 5.82 Å². The number of aromatic nitrogens is 2. The summed E-state index contributed by atoms with van der Waals surface area (Å²) in [4.78, 5) is 19.1. The van der Waals surface area contributed by atoms with Crippen molar-refractivity contribution < 1.29 is 9.21 Å². The number of carbonyl (C=O) groups excluding carboxylic acids is 1. The molecule has 0 radical (unpaired) electrons. The molecule has 1 unspecified atom stereocenters. The Morgan fingerprint density at radius 1 is 1.65 bits per heavy atom. The van der Waals surface area contributed by atoms with Crippen molar-refractivity contribution in [2.24, 2.45) is 0 Å². The maximum absolute atomic E-state index is 11.9. The first kappa shape index (κ1) is 11.4. The molecular formula is C12H15N3O2. The van der Waals surface area contributed by atoms with Gasteiger partial charge in [-0.15, -0.1) is 0 Å². The summed E-state index contributed by atoms with van der Waals surface area (Å²) in [7, 11) is 0. The lowest BCUT2D eigenvalue weighted by atomic mass is 10.2. The quantitative estimate of drug-likeness (QED) is 0.850. The number of nitrogens with one attached hydrogen (secondary N) is 2. The van der Waals surface area contributed by atoms with Crippen LogP contribution in [-0.4, -0.2) is 15.9 Å². The molecule has 0 aromatic carbocycles. The van der Waals surface area contributed by atoms with Gasteiger partial charge in [-0.1, -0.05) is 6.92 Å². The Morgan fingerprint density at radius 3 is 3.00 bits per heavy atom. The Labute approximate surface area is 99.2 Å². The molecule has 0 aliphatic rings. The molecule has 0 saturated heterocycles. The van der Waals surface area contributed by atoms with Crippen LogP contribution in [0.25, 0.3) is 0 Å². The van der Waals surface area contributed by atoms with Crippen molar-refractivity contribution in [2.45, 2.75) is 26.3 Å². The highest BCUT2D eigenvalue weighted by Gasteiger charge is 2.19. The summed E-state index contributed by atoms with van der Waals surface area (Å²) in [5.41, 5.74) is 0.830. The van der Waals surface area contributed by atoms with Crippen molar-refractivity contribution >= 4 is 5.91 Å². The highest BCUT2D eigenvalue weighted by Crippen LogP contribution is 2.14. The number of nitrogens with zero attached hydrogens (tertiary/aromatic N) is 1. The fraction of sp³-hybridized carbons (Fsp3) is 0.333. The molecule has 17 heavy (non-hydrogen) atoms. The minimum atomic E-state index is -0.212. The van der Waals surface area contributed by atoms with E-state index < -0.39 is 0 Å². The van der Waals surface area contributed by atoms with Crippen LogP contribution >= 0.6 is 0 Å². The standard InChI is InChI=1S/C12H15N3O2/c1-3-9(11-13-5-6-14-11)15-12(16)10-8(2)4-7-17-10/h4-7,9H,3H2,1-2H3,(H,13,14)(H,15,16). The minimum Gasteiger partial charge on any atom is -0.459 e. The largest absolute Gasteiger partial charge is 0.459 e. The van der Waals surface area contributed by atoms with Crippen LogP contribution in [0.1, 0.15) is 41.3 Å². The van der Waals surface area contributed by atoms with Crippen molar-refractivity contribution in [3.05, 3.63) is 41.9 Å². The molecule has 2 heterocycles. The molecule has 5 heteroatoms. The van der Waals surface area contributed by atoms with E-state index >= 15 is 0 Å². The van der Waals surface area contributed by atoms with Gasteiger partial charge in [0, 0.05) is 18.0 Å². The van der Waals surface area contributed by atoms with Gasteiger partial charge in [0.2, 0.25) is 0 Å². The zero-order chi connectivity index (χ0) is 12.3. The summed E-state index contributed by atoms with van der Waals surface area (Å²) < 4.78 is 5.15. The monoisotopic (exact) mass is 233 g/mol. The molecule has 0 bridgehead atoms. The maximum Gasteiger partial charge on any atom is 0.287 e. The number of aromatic amines is 1. The van der Waals surface area contributed by atoms with Crippen LogP contribution < -0.4 is 5.32 Å². The van der Waals surface area contributed by atoms with Gasteiger partial charge in [-0.3, -0.25) is 4.79 Å². The Kier molecular flexibility index (Phi) is 3.27. The van der Waals surface area contributed by atoms with E-state index in [0.29, 0.717) is 5.76 Å². The van der Waals surface area contributed by atoms with E-state index in [0.717, 1.165) is 17.8 Å². The van der Waals surface area contributed by atoms with Crippen molar-refractivity contribution in [1.29, 1.82) is 0 Å². The summed E-state index contributed by atoms with van der Waals surface area (Å²) in [6, 6.07) is 1.64. The average molecular weight is 233 g/mol. The van der Waals surface area contributed by atoms with E-state index in [1.165, 1.54) is 6.26 Å². The lowest BCUT2D eigenvalue weighted by Crippen LogP contribution is -2.29. The van der Waals surface area contributed by atoms with Gasteiger partial charge >= 0.3 is 0 Å². The molecule has 0 saturated carbocycles. The topological polar surface area (TPSA) is 70.9 Å². The number of hydrogen-bond donors (Lipinski definition) is 2. The smallest absolute Gasteiger partial charge is 0.287 e. The molecule has 1 atom stereocenters. The maximum atomic E-state index is 11.9. The molecule has 0 fully saturated rings. The Morgan fingerprint density at radius 2 is 2.47 bits per heavy atom. The lowest BCUT2D eigenvalue weighted by Gasteiger charge is -2.13. The van der Waals surface area contributed by atoms with E-state index in [1.807, 2.05) is 13.8 Å². The van der Waals surface area contributed by atoms with Crippen LogP contribution in [-0.2, 0) is 0 Å². The SMILES string of the molecule is CCC(NC(=O)c1occc1C)c1ncc[nH]1. The number of imidazole rings is 1. The van der Waals surface area contributed by atoms with E-state index in [-0.39, 0.29) is 11.9 Å². The second-order valence-electron chi connectivity index (χ2n) is 3.84. The predicted molar refractivity (Wildman–Crippen MR) is 62.5 cm³/mol. The molecule has 0 aliphatic carbocycles. The Bertz CT molecular complexity index is 488. The second kappa shape index (κ2) is 4.86. The van der Waals surface area contributed by atoms with E-state index in [1.54, 1.807) is 18.5 Å². The van der Waals surface area contributed by atoms with Crippen LogP contribution in [0.5, 0.6) is 0 Å². The first-order chi connectivity index (χ1) is 8.22. The first-order valence-corrected chi connectivity index (χ1v) is 5.56. The number of hydrogen-bond acceptors (Lipinski definition) is 3. The molecule has 2 aromatic heterocycles. The van der Waals surface area contributed by atoms with Crippen LogP contribution in [0.2, 0.25) is 0 Å². The highest BCUT2D eigenvalue weighted by molar-refractivity contribution is 5.92. The Hall–Kier alpha value is -2.04. The van der Waals surface area contributed by atoms with Gasteiger partial charge in [0.05, 0.1) is 12.3 Å². The van der Waals surface area contributed by atoms with Crippen molar-refractivity contribution in [1.82, 2.24) is 15.3 Å². The minimum absolute atomic E-state index is 0.123. The highest BCUT2D eigenvalue weighted by atomic mass is 16.3. The summed E-state index contributed by atoms with van der Waals surface area (Å²) in [6.07, 6.45) is 5.68. The summed E-state index contributed by atoms with van der Waals surface area (Å²) >= 11 is 0. The van der Waals surface area contributed by atoms with Crippen LogP contribution in [0.4, 0.5) is 0 Å². The number of furan rings is 1. The van der Waals surface area contributed by atoms with Crippen molar-refractivity contribution in [2.75, 3.05) is 0 Å². The molecule has 2 rings (SSSR count). The number of aryl methyl sites for hydroxylation is 1. The third-order valence-corrected chi connectivity index (χ3v) is 2.63. The fourth-order valence-corrected chi connectivity index (χ4v) is 1.66. The lowest BCUT2D eigenvalue weighted by molar-refractivity contribution is 0.0905. The van der Waals surface area contributed by atoms with Gasteiger partial charge in [0.15, 0.2) is 5.76 Å². The number of H-pyrrole nitrogens is 1. The number of carbonyl (C=O) groups is 1. The third kappa shape index (κ3) is 2.38. The second-order valence-corrected chi connectivity index (χ2v) is 3.84. The van der Waals surface area contributed by atoms with E-state index in [2.05, 4.69) is 15.3 Å². The van der Waals surface area contributed by atoms with E-state index in [4.69, 9.17) is 4.42 Å². The fourth-order valence-electron chi connectivity index (χ4n) is 1.66. The molecule has 0 aliphatic heterocycles. The van der Waals surface area contributed by atoms with Crippen LogP contribution in [0.3, 0.4) is 0 Å². The van der Waals surface area contributed by atoms with Gasteiger partial charge < -0.3 is 14.7 Å². The van der Waals surface area contributed by atoms with E-state index in [9.17, 15) is 4.79 Å². The van der Waals surface area contributed by atoms with Crippen LogP contribution in [0, 0.1) is 6.92 Å². The normalized spacial score (nSPS) is 12.4. The van der Waals surface area contributed by atoms with Crippen molar-refractivity contribution in [3.63, 3.8) is 0 Å². The zero-order valence-electron chi connectivity index (χ0n) is 9.86. The molecule has 90 valence electrons. The first-order valence-electron chi connectivity index (χ1n) is 5.56. The molecule has 1 amide bonds. The molecule has 2 aromatic rings. The summed E-state index contributed by atoms with van der Waals surface area (Å²) in [5, 5.41) is 2.89. The Balaban J connectivity index is 2.10. The molecule has 0 spiro atoms. The molecule has 5 nitrogen and oxygen atoms in total.